The van der Waals surface area contributed by atoms with Gasteiger partial charge in [-0.15, -0.1) is 0 Å². The molecule has 0 bridgehead atoms. The van der Waals surface area contributed by atoms with Crippen molar-refractivity contribution in [3.05, 3.63) is 46.5 Å². The molecule has 0 aromatic heterocycles. The third kappa shape index (κ3) is 6.25. The second-order valence-corrected chi connectivity index (χ2v) is 13.2. The van der Waals surface area contributed by atoms with Crippen LogP contribution in [0.15, 0.2) is 24.3 Å². The molecule has 0 unspecified atom stereocenters. The van der Waals surface area contributed by atoms with E-state index in [-0.39, 0.29) is 33.2 Å². The Bertz CT molecular complexity index is 912. The minimum Gasteiger partial charge on any atom is -0.507 e. The molecule has 0 spiro atoms. The molecule has 2 aromatic carbocycles. The van der Waals surface area contributed by atoms with Crippen LogP contribution in [0.2, 0.25) is 0 Å². The molecule has 0 fully saturated rings. The van der Waals surface area contributed by atoms with Crippen LogP contribution < -0.4 is 9.47 Å². The monoisotopic (exact) mass is 470 g/mol. The van der Waals surface area contributed by atoms with E-state index in [0.29, 0.717) is 33.8 Å². The molecule has 0 saturated heterocycles. The lowest BCUT2D eigenvalue weighted by molar-refractivity contribution is 0.151. The van der Waals surface area contributed by atoms with E-state index in [9.17, 15) is 15.0 Å². The molecule has 34 heavy (non-hydrogen) atoms. The van der Waals surface area contributed by atoms with Crippen molar-refractivity contribution in [3.8, 4) is 23.0 Å². The molecule has 0 aliphatic rings. The highest BCUT2D eigenvalue weighted by Gasteiger charge is 2.29. The maximum atomic E-state index is 12.8. The fourth-order valence-corrected chi connectivity index (χ4v) is 3.83. The van der Waals surface area contributed by atoms with Gasteiger partial charge in [-0.1, -0.05) is 83.1 Å². The Morgan fingerprint density at radius 1 is 0.529 bits per heavy atom. The summed E-state index contributed by atoms with van der Waals surface area (Å²) in [5.41, 5.74) is 1.35. The van der Waals surface area contributed by atoms with E-state index in [0.717, 1.165) is 0 Å². The minimum atomic E-state index is -0.879. The van der Waals surface area contributed by atoms with Crippen LogP contribution in [0.25, 0.3) is 0 Å². The van der Waals surface area contributed by atoms with Crippen LogP contribution in [0.5, 0.6) is 23.0 Å². The van der Waals surface area contributed by atoms with Gasteiger partial charge in [-0.3, -0.25) is 0 Å². The lowest BCUT2D eigenvalue weighted by atomic mass is 9.79. The number of phenolic OH excluding ortho intramolecular Hbond substituents is 2. The van der Waals surface area contributed by atoms with Crippen molar-refractivity contribution in [1.82, 2.24) is 0 Å². The number of hydrogen-bond donors (Lipinski definition) is 2. The van der Waals surface area contributed by atoms with Crippen LogP contribution in [-0.2, 0) is 21.7 Å². The molecule has 0 heterocycles. The number of aromatic hydroxyl groups is 2. The summed E-state index contributed by atoms with van der Waals surface area (Å²) in [5, 5.41) is 21.8. The molecule has 0 radical (unpaired) electrons. The smallest absolute Gasteiger partial charge is 0.507 e. The van der Waals surface area contributed by atoms with Crippen LogP contribution in [0, 0.1) is 0 Å². The number of ether oxygens (including phenoxy) is 2. The summed E-state index contributed by atoms with van der Waals surface area (Å²) < 4.78 is 11.2. The second-order valence-electron chi connectivity index (χ2n) is 13.2. The summed E-state index contributed by atoms with van der Waals surface area (Å²) in [6.45, 7) is 23.9. The summed E-state index contributed by atoms with van der Waals surface area (Å²) in [5.74, 6) is 1.04. The minimum absolute atomic E-state index is 0.212. The third-order valence-corrected chi connectivity index (χ3v) is 5.80. The number of phenols is 2. The van der Waals surface area contributed by atoms with Crippen LogP contribution in [0.4, 0.5) is 4.79 Å². The maximum Gasteiger partial charge on any atom is 0.519 e. The lowest BCUT2D eigenvalue weighted by Gasteiger charge is -2.28. The highest BCUT2D eigenvalue weighted by atomic mass is 16.7. The van der Waals surface area contributed by atoms with Gasteiger partial charge >= 0.3 is 6.16 Å². The second kappa shape index (κ2) is 8.83. The fraction of sp³-hybridized carbons (Fsp3) is 0.552. The topological polar surface area (TPSA) is 76.0 Å². The first-order chi connectivity index (χ1) is 15.1. The molecule has 188 valence electrons. The zero-order valence-corrected chi connectivity index (χ0v) is 22.9. The molecular weight excluding hydrogens is 428 g/mol. The van der Waals surface area contributed by atoms with E-state index in [2.05, 4.69) is 0 Å². The van der Waals surface area contributed by atoms with E-state index in [4.69, 9.17) is 9.47 Å². The SMILES string of the molecule is CC(C)(C)c1cc(OC(=O)Oc2cc(C(C)(C)C)c(O)c(C(C)(C)C)c2)cc(C(C)(C)C)c1O. The van der Waals surface area contributed by atoms with Crippen molar-refractivity contribution in [3.63, 3.8) is 0 Å². The largest absolute Gasteiger partial charge is 0.519 e. The van der Waals surface area contributed by atoms with Crippen LogP contribution in [0.1, 0.15) is 105 Å². The molecule has 2 rings (SSSR count). The first-order valence-corrected chi connectivity index (χ1v) is 11.8. The predicted octanol–water partition coefficient (Wildman–Crippen LogP) is 7.87. The number of carbonyl (C=O) groups excluding carboxylic acids is 1. The Balaban J connectivity index is 2.49. The summed E-state index contributed by atoms with van der Waals surface area (Å²) in [6.07, 6.45) is -0.879. The van der Waals surface area contributed by atoms with Gasteiger partial charge in [0.25, 0.3) is 0 Å². The molecule has 5 nitrogen and oxygen atoms in total. The number of hydrogen-bond acceptors (Lipinski definition) is 5. The van der Waals surface area contributed by atoms with Gasteiger partial charge in [0.1, 0.15) is 23.0 Å². The van der Waals surface area contributed by atoms with Gasteiger partial charge in [0.05, 0.1) is 0 Å². The Labute approximate surface area is 205 Å². The summed E-state index contributed by atoms with van der Waals surface area (Å²) in [7, 11) is 0. The molecule has 2 N–H and O–H groups in total. The Kier molecular flexibility index (Phi) is 7.15. The van der Waals surface area contributed by atoms with Crippen molar-refractivity contribution in [1.29, 1.82) is 0 Å². The maximum absolute atomic E-state index is 12.8. The summed E-state index contributed by atoms with van der Waals surface area (Å²) in [6, 6.07) is 6.74. The van der Waals surface area contributed by atoms with E-state index in [1.165, 1.54) is 0 Å². The Hall–Kier alpha value is -2.69. The standard InChI is InChI=1S/C29H42O5/c1-26(2,3)19-13-17(14-20(23(19)30)27(4,5)6)33-25(32)34-18-15-21(28(7,8)9)24(31)22(16-18)29(10,11)12/h13-16,30-31H,1-12H3. The van der Waals surface area contributed by atoms with Gasteiger partial charge in [-0.2, -0.15) is 0 Å². The zero-order chi connectivity index (χ0) is 26.4. The lowest BCUT2D eigenvalue weighted by Crippen LogP contribution is -2.20. The summed E-state index contributed by atoms with van der Waals surface area (Å²) >= 11 is 0. The highest BCUT2D eigenvalue weighted by Crippen LogP contribution is 2.43. The van der Waals surface area contributed by atoms with Gasteiger partial charge in [0.15, 0.2) is 0 Å². The van der Waals surface area contributed by atoms with Gasteiger partial charge in [-0.25, -0.2) is 4.79 Å². The zero-order valence-electron chi connectivity index (χ0n) is 22.9. The first kappa shape index (κ1) is 27.6. The Morgan fingerprint density at radius 3 is 0.912 bits per heavy atom. The van der Waals surface area contributed by atoms with Crippen molar-refractivity contribution in [2.45, 2.75) is 105 Å². The Morgan fingerprint density at radius 2 is 0.735 bits per heavy atom. The highest BCUT2D eigenvalue weighted by molar-refractivity contribution is 5.69. The average Bonchev–Trinajstić information content (AvgIpc) is 2.60. The first-order valence-electron chi connectivity index (χ1n) is 11.8. The number of benzene rings is 2. The van der Waals surface area contributed by atoms with Crippen molar-refractivity contribution >= 4 is 6.16 Å². The average molecular weight is 471 g/mol. The van der Waals surface area contributed by atoms with Crippen LogP contribution >= 0.6 is 0 Å². The van der Waals surface area contributed by atoms with Crippen molar-refractivity contribution in [2.24, 2.45) is 0 Å². The molecule has 2 aromatic rings. The predicted molar refractivity (Wildman–Crippen MR) is 138 cm³/mol. The van der Waals surface area contributed by atoms with Gasteiger partial charge in [0.2, 0.25) is 0 Å². The van der Waals surface area contributed by atoms with Gasteiger partial charge < -0.3 is 19.7 Å². The molecule has 0 aliphatic carbocycles. The van der Waals surface area contributed by atoms with Gasteiger partial charge in [-0.05, 0) is 45.9 Å². The van der Waals surface area contributed by atoms with E-state index in [1.807, 2.05) is 83.1 Å². The normalized spacial score (nSPS) is 13.1. The quantitative estimate of drug-likeness (QED) is 0.345. The van der Waals surface area contributed by atoms with E-state index >= 15 is 0 Å². The molecule has 5 heteroatoms. The van der Waals surface area contributed by atoms with E-state index in [1.54, 1.807) is 24.3 Å². The summed E-state index contributed by atoms with van der Waals surface area (Å²) in [4.78, 5) is 12.8. The number of carbonyl (C=O) groups is 1. The third-order valence-electron chi connectivity index (χ3n) is 5.80. The molecular formula is C29H42O5. The molecule has 0 aliphatic heterocycles. The van der Waals surface area contributed by atoms with Crippen molar-refractivity contribution in [2.75, 3.05) is 0 Å². The molecule has 0 atom stereocenters. The van der Waals surface area contributed by atoms with E-state index < -0.39 is 6.16 Å². The molecule has 0 amide bonds. The van der Waals surface area contributed by atoms with Crippen LogP contribution in [-0.4, -0.2) is 16.4 Å². The van der Waals surface area contributed by atoms with Crippen molar-refractivity contribution < 1.29 is 24.5 Å². The number of rotatable bonds is 2. The van der Waals surface area contributed by atoms with Gasteiger partial charge in [0, 0.05) is 22.3 Å². The van der Waals surface area contributed by atoms with Crippen LogP contribution in [0.3, 0.4) is 0 Å². The molecule has 0 saturated carbocycles. The fourth-order valence-electron chi connectivity index (χ4n) is 3.83.